The quantitative estimate of drug-likeness (QED) is 0.649. The van der Waals surface area contributed by atoms with Crippen LogP contribution >= 0.6 is 0 Å². The predicted molar refractivity (Wildman–Crippen MR) is 76.4 cm³/mol. The minimum Gasteiger partial charge on any atom is -0.465 e. The molecule has 0 aliphatic carbocycles. The number of carbonyl (C=O) groups is 1. The van der Waals surface area contributed by atoms with Crippen molar-refractivity contribution in [3.05, 3.63) is 35.4 Å². The van der Waals surface area contributed by atoms with Crippen molar-refractivity contribution >= 4 is 14.2 Å². The zero-order chi connectivity index (χ0) is 13.6. The van der Waals surface area contributed by atoms with Crippen LogP contribution in [0, 0.1) is 11.5 Å². The molecule has 1 rings (SSSR count). The van der Waals surface area contributed by atoms with Crippen LogP contribution in [0.25, 0.3) is 0 Å². The molecule has 0 aliphatic heterocycles. The molecule has 3 nitrogen and oxygen atoms in total. The normalized spacial score (nSPS) is 10.4. The Balaban J connectivity index is 2.57. The van der Waals surface area contributed by atoms with Gasteiger partial charge in [0.15, 0.2) is 0 Å². The molecule has 2 N–H and O–H groups in total. The van der Waals surface area contributed by atoms with E-state index in [1.807, 2.05) is 24.3 Å². The molecule has 0 saturated carbocycles. The molecule has 1 aromatic carbocycles. The first-order valence-electron chi connectivity index (χ1n) is 5.96. The average molecular weight is 261 g/mol. The van der Waals surface area contributed by atoms with Crippen LogP contribution in [0.4, 0.5) is 4.79 Å². The van der Waals surface area contributed by atoms with E-state index in [1.54, 1.807) is 0 Å². The van der Waals surface area contributed by atoms with Crippen LogP contribution < -0.4 is 5.32 Å². The number of hydrogen-bond acceptors (Lipinski definition) is 1. The van der Waals surface area contributed by atoms with Gasteiger partial charge in [0.1, 0.15) is 8.07 Å². The minimum absolute atomic E-state index is 0.440. The van der Waals surface area contributed by atoms with Crippen molar-refractivity contribution in [3.63, 3.8) is 0 Å². The summed E-state index contributed by atoms with van der Waals surface area (Å²) in [5, 5.41) is 10.8. The van der Waals surface area contributed by atoms with Crippen LogP contribution in [0.3, 0.4) is 0 Å². The van der Waals surface area contributed by atoms with Crippen LogP contribution in [0.5, 0.6) is 0 Å². The molecule has 0 radical (unpaired) electrons. The maximum Gasteiger partial charge on any atom is 0.404 e. The molecule has 0 atom stereocenters. The molecule has 1 amide bonds. The molecular weight excluding hydrogens is 242 g/mol. The summed E-state index contributed by atoms with van der Waals surface area (Å²) in [6.45, 7) is 7.08. The zero-order valence-electron chi connectivity index (χ0n) is 11.1. The third-order valence-electron chi connectivity index (χ3n) is 2.23. The Labute approximate surface area is 109 Å². The lowest BCUT2D eigenvalue weighted by atomic mass is 10.1. The van der Waals surface area contributed by atoms with Crippen molar-refractivity contribution in [2.75, 3.05) is 6.54 Å². The number of amides is 1. The Morgan fingerprint density at radius 1 is 1.28 bits per heavy atom. The first kappa shape index (κ1) is 14.3. The van der Waals surface area contributed by atoms with E-state index >= 15 is 0 Å². The number of nitrogens with one attached hydrogen (secondary N) is 1. The Kier molecular flexibility index (Phi) is 4.99. The molecule has 0 bridgehead atoms. The fourth-order valence-corrected chi connectivity index (χ4v) is 1.85. The molecule has 0 unspecified atom stereocenters. The Hall–Kier alpha value is -1.73. The van der Waals surface area contributed by atoms with E-state index in [1.165, 1.54) is 0 Å². The van der Waals surface area contributed by atoms with E-state index in [9.17, 15) is 4.79 Å². The van der Waals surface area contributed by atoms with Gasteiger partial charge in [0.2, 0.25) is 0 Å². The fraction of sp³-hybridized carbons (Fsp3) is 0.357. The molecule has 0 aliphatic rings. The summed E-state index contributed by atoms with van der Waals surface area (Å²) in [6, 6.07) is 7.97. The van der Waals surface area contributed by atoms with E-state index in [2.05, 4.69) is 36.4 Å². The molecule has 0 fully saturated rings. The molecule has 18 heavy (non-hydrogen) atoms. The first-order chi connectivity index (χ1) is 8.37. The fourth-order valence-electron chi connectivity index (χ4n) is 1.33. The molecule has 1 aromatic rings. The second kappa shape index (κ2) is 6.27. The van der Waals surface area contributed by atoms with Gasteiger partial charge in [0, 0.05) is 12.1 Å². The number of carboxylic acid groups (broad SMARTS) is 1. The Bertz CT molecular complexity index is 463. The van der Waals surface area contributed by atoms with Gasteiger partial charge >= 0.3 is 6.09 Å². The molecule has 4 heteroatoms. The van der Waals surface area contributed by atoms with E-state index < -0.39 is 14.2 Å². The maximum atomic E-state index is 10.3. The first-order valence-corrected chi connectivity index (χ1v) is 9.46. The van der Waals surface area contributed by atoms with Crippen molar-refractivity contribution < 1.29 is 9.90 Å². The Morgan fingerprint density at radius 2 is 1.89 bits per heavy atom. The van der Waals surface area contributed by atoms with Gasteiger partial charge in [0.05, 0.1) is 0 Å². The van der Waals surface area contributed by atoms with Crippen molar-refractivity contribution in [2.24, 2.45) is 0 Å². The van der Waals surface area contributed by atoms with Crippen molar-refractivity contribution in [1.82, 2.24) is 5.32 Å². The number of benzene rings is 1. The van der Waals surface area contributed by atoms with E-state index in [4.69, 9.17) is 5.11 Å². The van der Waals surface area contributed by atoms with Crippen LogP contribution in [0.15, 0.2) is 24.3 Å². The van der Waals surface area contributed by atoms with Crippen molar-refractivity contribution in [2.45, 2.75) is 26.1 Å². The molecule has 0 aromatic heterocycles. The van der Waals surface area contributed by atoms with E-state index in [0.29, 0.717) is 13.0 Å². The molecular formula is C14H19NO2Si. The average Bonchev–Trinajstić information content (AvgIpc) is 2.26. The Morgan fingerprint density at radius 3 is 2.39 bits per heavy atom. The summed E-state index contributed by atoms with van der Waals surface area (Å²) in [6.07, 6.45) is -0.277. The highest BCUT2D eigenvalue weighted by Crippen LogP contribution is 2.05. The van der Waals surface area contributed by atoms with Gasteiger partial charge < -0.3 is 10.4 Å². The third-order valence-corrected chi connectivity index (χ3v) is 3.10. The summed E-state index contributed by atoms with van der Waals surface area (Å²) in [7, 11) is -1.32. The summed E-state index contributed by atoms with van der Waals surface area (Å²) < 4.78 is 0. The van der Waals surface area contributed by atoms with Gasteiger partial charge in [-0.2, -0.15) is 0 Å². The van der Waals surface area contributed by atoms with Crippen LogP contribution in [-0.2, 0) is 6.42 Å². The van der Waals surface area contributed by atoms with Gasteiger partial charge in [-0.3, -0.25) is 0 Å². The summed E-state index contributed by atoms with van der Waals surface area (Å²) in [5.74, 6) is 3.19. The van der Waals surface area contributed by atoms with Gasteiger partial charge in [-0.1, -0.05) is 37.7 Å². The van der Waals surface area contributed by atoms with Gasteiger partial charge in [-0.05, 0) is 24.1 Å². The smallest absolute Gasteiger partial charge is 0.404 e. The largest absolute Gasteiger partial charge is 0.465 e. The lowest BCUT2D eigenvalue weighted by Gasteiger charge is -2.04. The number of rotatable bonds is 3. The third kappa shape index (κ3) is 6.11. The standard InChI is InChI=1S/C14H19NO2Si/c1-18(2,3)11-9-13-6-4-12(5-7-13)8-10-15-14(16)17/h4-7,15H,8,10H2,1-3H3,(H,16,17). The second-order valence-corrected chi connectivity index (χ2v) is 9.93. The molecule has 96 valence electrons. The lowest BCUT2D eigenvalue weighted by Crippen LogP contribution is -2.23. The van der Waals surface area contributed by atoms with Crippen molar-refractivity contribution in [3.8, 4) is 11.5 Å². The van der Waals surface area contributed by atoms with Gasteiger partial charge in [-0.25, -0.2) is 4.79 Å². The molecule has 0 heterocycles. The highest BCUT2D eigenvalue weighted by molar-refractivity contribution is 6.83. The van der Waals surface area contributed by atoms with Gasteiger partial charge in [0.25, 0.3) is 0 Å². The van der Waals surface area contributed by atoms with Crippen LogP contribution in [0.1, 0.15) is 11.1 Å². The SMILES string of the molecule is C[Si](C)(C)C#Cc1ccc(CCNC(=O)O)cc1. The lowest BCUT2D eigenvalue weighted by molar-refractivity contribution is 0.194. The predicted octanol–water partition coefficient (Wildman–Crippen LogP) is 2.73. The second-order valence-electron chi connectivity index (χ2n) is 5.18. The molecule has 0 saturated heterocycles. The topological polar surface area (TPSA) is 49.3 Å². The monoisotopic (exact) mass is 261 g/mol. The van der Waals surface area contributed by atoms with Crippen molar-refractivity contribution in [1.29, 1.82) is 0 Å². The maximum absolute atomic E-state index is 10.3. The van der Waals surface area contributed by atoms with E-state index in [0.717, 1.165) is 11.1 Å². The zero-order valence-corrected chi connectivity index (χ0v) is 12.1. The molecule has 0 spiro atoms. The highest BCUT2D eigenvalue weighted by Gasteiger charge is 2.07. The summed E-state index contributed by atoms with van der Waals surface area (Å²) >= 11 is 0. The van der Waals surface area contributed by atoms with Crippen LogP contribution in [0.2, 0.25) is 19.6 Å². The van der Waals surface area contributed by atoms with Gasteiger partial charge in [-0.15, -0.1) is 5.54 Å². The number of hydrogen-bond donors (Lipinski definition) is 2. The summed E-state index contributed by atoms with van der Waals surface area (Å²) in [4.78, 5) is 10.3. The van der Waals surface area contributed by atoms with E-state index in [-0.39, 0.29) is 0 Å². The minimum atomic E-state index is -1.32. The highest BCUT2D eigenvalue weighted by atomic mass is 28.3. The summed E-state index contributed by atoms with van der Waals surface area (Å²) in [5.41, 5.74) is 5.45. The van der Waals surface area contributed by atoms with Crippen LogP contribution in [-0.4, -0.2) is 25.8 Å².